The lowest BCUT2D eigenvalue weighted by Crippen LogP contribution is -2.37. The fourth-order valence-electron chi connectivity index (χ4n) is 2.20. The van der Waals surface area contributed by atoms with Crippen LogP contribution in [0.15, 0.2) is 42.5 Å². The van der Waals surface area contributed by atoms with Crippen molar-refractivity contribution in [2.24, 2.45) is 0 Å². The van der Waals surface area contributed by atoms with E-state index >= 15 is 0 Å². The van der Waals surface area contributed by atoms with E-state index in [1.165, 1.54) is 0 Å². The molecule has 2 amide bonds. The molecule has 2 aromatic rings. The summed E-state index contributed by atoms with van der Waals surface area (Å²) in [6.07, 6.45) is 0.247. The Morgan fingerprint density at radius 1 is 1.00 bits per heavy atom. The van der Waals surface area contributed by atoms with Gasteiger partial charge in [-0.3, -0.25) is 14.9 Å². The normalized spacial score (nSPS) is 13.9. The van der Waals surface area contributed by atoms with Gasteiger partial charge in [0.2, 0.25) is 5.91 Å². The van der Waals surface area contributed by atoms with Crippen molar-refractivity contribution in [1.29, 1.82) is 0 Å². The minimum atomic E-state index is -0.338. The van der Waals surface area contributed by atoms with Gasteiger partial charge in [0.05, 0.1) is 6.42 Å². The van der Waals surface area contributed by atoms with Gasteiger partial charge in [-0.15, -0.1) is 0 Å². The summed E-state index contributed by atoms with van der Waals surface area (Å²) in [5.74, 6) is -0.594. The second-order valence-corrected chi connectivity index (χ2v) is 4.87. The Bertz CT molecular complexity index is 694. The molecule has 1 N–H and O–H groups in total. The third-order valence-corrected chi connectivity index (χ3v) is 3.35. The summed E-state index contributed by atoms with van der Waals surface area (Å²) in [6, 6.07) is 12.9. The Kier molecular flexibility index (Phi) is 2.84. The van der Waals surface area contributed by atoms with Crippen LogP contribution in [0, 0.1) is 0 Å². The molecular weight excluding hydrogens is 262 g/mol. The minimum absolute atomic E-state index is 0.247. The van der Waals surface area contributed by atoms with Gasteiger partial charge in [0, 0.05) is 10.6 Å². The van der Waals surface area contributed by atoms with Crippen LogP contribution in [-0.2, 0) is 11.2 Å². The number of halogens is 1. The first-order chi connectivity index (χ1) is 9.13. The molecular formula is C15H10ClNO2. The number of imide groups is 1. The number of fused-ring (bicyclic) bond motifs is 1. The highest BCUT2D eigenvalue weighted by Crippen LogP contribution is 2.26. The second kappa shape index (κ2) is 4.52. The maximum atomic E-state index is 11.8. The Labute approximate surface area is 115 Å². The molecule has 4 heteroatoms. The number of hydrogen-bond acceptors (Lipinski definition) is 2. The van der Waals surface area contributed by atoms with E-state index in [2.05, 4.69) is 5.32 Å². The monoisotopic (exact) mass is 271 g/mol. The SMILES string of the molecule is O=C1Cc2ccc(-c3cccc(Cl)c3)cc2C(=O)N1. The summed E-state index contributed by atoms with van der Waals surface area (Å²) in [7, 11) is 0. The first kappa shape index (κ1) is 11.9. The van der Waals surface area contributed by atoms with E-state index in [-0.39, 0.29) is 18.2 Å². The molecule has 0 atom stereocenters. The van der Waals surface area contributed by atoms with Crippen molar-refractivity contribution in [3.05, 3.63) is 58.6 Å². The van der Waals surface area contributed by atoms with Crippen LogP contribution in [0.25, 0.3) is 11.1 Å². The molecule has 0 saturated carbocycles. The summed E-state index contributed by atoms with van der Waals surface area (Å²) in [6.45, 7) is 0. The Morgan fingerprint density at radius 2 is 1.79 bits per heavy atom. The Morgan fingerprint density at radius 3 is 2.58 bits per heavy atom. The summed E-state index contributed by atoms with van der Waals surface area (Å²) in [4.78, 5) is 23.1. The second-order valence-electron chi connectivity index (χ2n) is 4.44. The number of carbonyl (C=O) groups is 2. The maximum Gasteiger partial charge on any atom is 0.258 e. The summed E-state index contributed by atoms with van der Waals surface area (Å²) < 4.78 is 0. The van der Waals surface area contributed by atoms with Gasteiger partial charge < -0.3 is 0 Å². The van der Waals surface area contributed by atoms with E-state index in [9.17, 15) is 9.59 Å². The largest absolute Gasteiger partial charge is 0.292 e. The summed E-state index contributed by atoms with van der Waals surface area (Å²) >= 11 is 5.96. The molecule has 0 bridgehead atoms. The third kappa shape index (κ3) is 2.25. The van der Waals surface area contributed by atoms with Crippen LogP contribution < -0.4 is 5.32 Å². The molecule has 0 saturated heterocycles. The van der Waals surface area contributed by atoms with Gasteiger partial charge in [-0.05, 0) is 34.9 Å². The number of benzene rings is 2. The van der Waals surface area contributed by atoms with Crippen molar-refractivity contribution in [2.45, 2.75) is 6.42 Å². The lowest BCUT2D eigenvalue weighted by molar-refractivity contribution is -0.119. The van der Waals surface area contributed by atoms with Crippen molar-refractivity contribution >= 4 is 23.4 Å². The van der Waals surface area contributed by atoms with Crippen molar-refractivity contribution < 1.29 is 9.59 Å². The molecule has 94 valence electrons. The predicted molar refractivity (Wildman–Crippen MR) is 73.1 cm³/mol. The zero-order valence-electron chi connectivity index (χ0n) is 9.94. The fraction of sp³-hybridized carbons (Fsp3) is 0.0667. The zero-order chi connectivity index (χ0) is 13.4. The Balaban J connectivity index is 2.09. The molecule has 2 aromatic carbocycles. The fourth-order valence-corrected chi connectivity index (χ4v) is 2.39. The quantitative estimate of drug-likeness (QED) is 0.811. The number of carbonyl (C=O) groups excluding carboxylic acids is 2. The van der Waals surface area contributed by atoms with Crippen LogP contribution >= 0.6 is 11.6 Å². The smallest absolute Gasteiger partial charge is 0.258 e. The van der Waals surface area contributed by atoms with E-state index in [0.717, 1.165) is 16.7 Å². The third-order valence-electron chi connectivity index (χ3n) is 3.12. The van der Waals surface area contributed by atoms with Crippen LogP contribution in [0.1, 0.15) is 15.9 Å². The number of hydrogen-bond donors (Lipinski definition) is 1. The van der Waals surface area contributed by atoms with Gasteiger partial charge in [-0.2, -0.15) is 0 Å². The van der Waals surface area contributed by atoms with Gasteiger partial charge >= 0.3 is 0 Å². The van der Waals surface area contributed by atoms with E-state index in [1.807, 2.05) is 30.3 Å². The molecule has 0 aromatic heterocycles. The van der Waals surface area contributed by atoms with E-state index in [0.29, 0.717) is 10.6 Å². The molecule has 3 nitrogen and oxygen atoms in total. The summed E-state index contributed by atoms with van der Waals surface area (Å²) in [5, 5.41) is 2.97. The molecule has 0 radical (unpaired) electrons. The molecule has 0 fully saturated rings. The lowest BCUT2D eigenvalue weighted by atomic mass is 9.95. The highest BCUT2D eigenvalue weighted by Gasteiger charge is 2.22. The van der Waals surface area contributed by atoms with Crippen LogP contribution in [0.3, 0.4) is 0 Å². The van der Waals surface area contributed by atoms with Crippen molar-refractivity contribution in [3.63, 3.8) is 0 Å². The Hall–Kier alpha value is -2.13. The molecule has 0 unspecified atom stereocenters. The van der Waals surface area contributed by atoms with Crippen LogP contribution in [-0.4, -0.2) is 11.8 Å². The first-order valence-electron chi connectivity index (χ1n) is 5.86. The average molecular weight is 272 g/mol. The van der Waals surface area contributed by atoms with Gasteiger partial charge in [0.15, 0.2) is 0 Å². The first-order valence-corrected chi connectivity index (χ1v) is 6.24. The number of nitrogens with one attached hydrogen (secondary N) is 1. The van der Waals surface area contributed by atoms with Crippen LogP contribution in [0.4, 0.5) is 0 Å². The topological polar surface area (TPSA) is 46.2 Å². The maximum absolute atomic E-state index is 11.8. The van der Waals surface area contributed by atoms with Crippen molar-refractivity contribution in [1.82, 2.24) is 5.32 Å². The molecule has 1 aliphatic rings. The lowest BCUT2D eigenvalue weighted by Gasteiger charge is -2.16. The molecule has 3 rings (SSSR count). The molecule has 0 aliphatic carbocycles. The average Bonchev–Trinajstić information content (AvgIpc) is 2.38. The van der Waals surface area contributed by atoms with Gasteiger partial charge in [0.25, 0.3) is 5.91 Å². The highest BCUT2D eigenvalue weighted by atomic mass is 35.5. The zero-order valence-corrected chi connectivity index (χ0v) is 10.7. The number of rotatable bonds is 1. The van der Waals surface area contributed by atoms with Crippen LogP contribution in [0.2, 0.25) is 5.02 Å². The standard InChI is InChI=1S/C15H10ClNO2/c16-12-3-1-2-9(6-12)10-4-5-11-8-14(18)17-15(19)13(11)7-10/h1-7H,8H2,(H,17,18,19). The van der Waals surface area contributed by atoms with Gasteiger partial charge in [-0.25, -0.2) is 0 Å². The van der Waals surface area contributed by atoms with Gasteiger partial charge in [-0.1, -0.05) is 35.9 Å². The molecule has 19 heavy (non-hydrogen) atoms. The predicted octanol–water partition coefficient (Wildman–Crippen LogP) is 2.82. The summed E-state index contributed by atoms with van der Waals surface area (Å²) in [5.41, 5.74) is 3.17. The van der Waals surface area contributed by atoms with Crippen molar-refractivity contribution in [3.8, 4) is 11.1 Å². The molecule has 1 aliphatic heterocycles. The van der Waals surface area contributed by atoms with Gasteiger partial charge in [0.1, 0.15) is 0 Å². The van der Waals surface area contributed by atoms with E-state index in [4.69, 9.17) is 11.6 Å². The minimum Gasteiger partial charge on any atom is -0.292 e. The van der Waals surface area contributed by atoms with Crippen LogP contribution in [0.5, 0.6) is 0 Å². The molecule has 0 spiro atoms. The molecule has 1 heterocycles. The number of amides is 2. The van der Waals surface area contributed by atoms with E-state index in [1.54, 1.807) is 12.1 Å². The van der Waals surface area contributed by atoms with Crippen molar-refractivity contribution in [2.75, 3.05) is 0 Å². The van der Waals surface area contributed by atoms with E-state index < -0.39 is 0 Å². The highest BCUT2D eigenvalue weighted by molar-refractivity contribution is 6.30.